The summed E-state index contributed by atoms with van der Waals surface area (Å²) in [5.41, 5.74) is 0.856. The summed E-state index contributed by atoms with van der Waals surface area (Å²) in [6, 6.07) is 26.1. The summed E-state index contributed by atoms with van der Waals surface area (Å²) in [6.45, 7) is 4.79. The molecule has 0 saturated heterocycles. The molecule has 0 aliphatic carbocycles. The molecule has 0 heterocycles. The second kappa shape index (κ2) is 14.5. The third-order valence-corrected chi connectivity index (χ3v) is 9.17. The molecule has 7 nitrogen and oxygen atoms in total. The van der Waals surface area contributed by atoms with Crippen molar-refractivity contribution in [1.29, 1.82) is 0 Å². The van der Waals surface area contributed by atoms with Gasteiger partial charge in [-0.05, 0) is 74.4 Å². The van der Waals surface area contributed by atoms with Crippen LogP contribution in [0.4, 0.5) is 10.1 Å². The van der Waals surface area contributed by atoms with E-state index in [-0.39, 0.29) is 28.6 Å². The predicted octanol–water partition coefficient (Wildman–Crippen LogP) is 6.88. The van der Waals surface area contributed by atoms with E-state index in [1.807, 2.05) is 51.1 Å². The number of benzene rings is 4. The Hall–Kier alpha value is -3.92. The average Bonchev–Trinajstić information content (AvgIpc) is 3.00. The molecule has 0 fully saturated rings. The Bertz CT molecular complexity index is 1730. The Morgan fingerprint density at radius 2 is 1.44 bits per heavy atom. The Balaban J connectivity index is 1.82. The van der Waals surface area contributed by atoms with Gasteiger partial charge in [0, 0.05) is 23.5 Å². The minimum Gasteiger partial charge on any atom is -0.350 e. The van der Waals surface area contributed by atoms with Gasteiger partial charge in [-0.2, -0.15) is 0 Å². The first-order valence-corrected chi connectivity index (χ1v) is 16.4. The molecule has 0 aromatic heterocycles. The zero-order valence-electron chi connectivity index (χ0n) is 25.1. The van der Waals surface area contributed by atoms with E-state index < -0.39 is 45.8 Å². The molecule has 4 rings (SSSR count). The first kappa shape index (κ1) is 34.0. The molecule has 4 aromatic rings. The smallest absolute Gasteiger partial charge is 0.264 e. The largest absolute Gasteiger partial charge is 0.350 e. The number of halogens is 3. The number of nitrogens with zero attached hydrogens (tertiary/aromatic N) is 2. The van der Waals surface area contributed by atoms with E-state index in [9.17, 15) is 22.4 Å². The fraction of sp³-hybridized carbons (Fsp3) is 0.235. The highest BCUT2D eigenvalue weighted by atomic mass is 35.5. The number of carbonyl (C=O) groups is 2. The van der Waals surface area contributed by atoms with Gasteiger partial charge in [-0.25, -0.2) is 12.8 Å². The van der Waals surface area contributed by atoms with Gasteiger partial charge < -0.3 is 10.2 Å². The van der Waals surface area contributed by atoms with E-state index in [0.29, 0.717) is 10.6 Å². The van der Waals surface area contributed by atoms with Crippen LogP contribution in [0.1, 0.15) is 31.9 Å². The van der Waals surface area contributed by atoms with E-state index in [1.54, 1.807) is 42.5 Å². The summed E-state index contributed by atoms with van der Waals surface area (Å²) in [5.74, 6) is -1.80. The fourth-order valence-corrected chi connectivity index (χ4v) is 6.41. The Labute approximate surface area is 273 Å². The standard InChI is InChI=1S/C34H34Cl2FN3O4S/c1-34(2,3)38-33(42)31(20-24-10-6-4-7-11-24)39(22-25-14-16-26(35)17-15-25)32(41)23-40(27-18-19-30(37)29(36)21-27)45(43,44)28-12-8-5-9-13-28/h4-19,21,31H,20,22-23H2,1-3H3,(H,38,42)/t31-/m0/s1. The molecule has 0 unspecified atom stereocenters. The number of rotatable bonds is 11. The molecule has 0 bridgehead atoms. The second-order valence-corrected chi connectivity index (χ2v) is 14.2. The third-order valence-electron chi connectivity index (χ3n) is 6.84. The maximum Gasteiger partial charge on any atom is 0.264 e. The number of anilines is 1. The van der Waals surface area contributed by atoms with Crippen LogP contribution in [-0.2, 0) is 32.6 Å². The topological polar surface area (TPSA) is 86.8 Å². The molecule has 4 aromatic carbocycles. The van der Waals surface area contributed by atoms with Gasteiger partial charge in [-0.3, -0.25) is 13.9 Å². The first-order chi connectivity index (χ1) is 21.2. The lowest BCUT2D eigenvalue weighted by Gasteiger charge is -2.35. The molecule has 0 radical (unpaired) electrons. The zero-order chi connectivity index (χ0) is 32.8. The van der Waals surface area contributed by atoms with Gasteiger partial charge in [0.15, 0.2) is 0 Å². The van der Waals surface area contributed by atoms with E-state index in [0.717, 1.165) is 22.0 Å². The zero-order valence-corrected chi connectivity index (χ0v) is 27.4. The van der Waals surface area contributed by atoms with E-state index in [2.05, 4.69) is 5.32 Å². The SMILES string of the molecule is CC(C)(C)NC(=O)[C@H](Cc1ccccc1)N(Cc1ccc(Cl)cc1)C(=O)CN(c1ccc(F)c(Cl)c1)S(=O)(=O)c1ccccc1. The van der Waals surface area contributed by atoms with Gasteiger partial charge in [0.25, 0.3) is 10.0 Å². The molecule has 0 aliphatic rings. The molecule has 0 spiro atoms. The van der Waals surface area contributed by atoms with Crippen molar-refractivity contribution in [3.05, 3.63) is 130 Å². The Morgan fingerprint density at radius 3 is 2.02 bits per heavy atom. The number of hydrogen-bond donors (Lipinski definition) is 1. The van der Waals surface area contributed by atoms with E-state index in [1.165, 1.54) is 23.1 Å². The molecule has 0 aliphatic heterocycles. The van der Waals surface area contributed by atoms with Crippen LogP contribution in [0.3, 0.4) is 0 Å². The number of hydrogen-bond acceptors (Lipinski definition) is 4. The first-order valence-electron chi connectivity index (χ1n) is 14.2. The Morgan fingerprint density at radius 1 is 0.844 bits per heavy atom. The van der Waals surface area contributed by atoms with Crippen LogP contribution in [0.2, 0.25) is 10.0 Å². The normalized spacial score (nSPS) is 12.3. The van der Waals surface area contributed by atoms with Crippen molar-refractivity contribution in [2.24, 2.45) is 0 Å². The fourth-order valence-electron chi connectivity index (χ4n) is 4.68. The van der Waals surface area contributed by atoms with E-state index >= 15 is 0 Å². The van der Waals surface area contributed by atoms with Crippen LogP contribution in [0.25, 0.3) is 0 Å². The molecular weight excluding hydrogens is 636 g/mol. The maximum atomic E-state index is 14.4. The summed E-state index contributed by atoms with van der Waals surface area (Å²) in [7, 11) is -4.34. The number of carbonyl (C=O) groups excluding carboxylic acids is 2. The molecule has 1 atom stereocenters. The van der Waals surface area contributed by atoms with Crippen molar-refractivity contribution in [1.82, 2.24) is 10.2 Å². The van der Waals surface area contributed by atoms with E-state index in [4.69, 9.17) is 23.2 Å². The average molecular weight is 671 g/mol. The maximum absolute atomic E-state index is 14.4. The van der Waals surface area contributed by atoms with Gasteiger partial charge in [-0.1, -0.05) is 83.9 Å². The van der Waals surface area contributed by atoms with Crippen molar-refractivity contribution in [2.75, 3.05) is 10.8 Å². The van der Waals surface area contributed by atoms with Crippen molar-refractivity contribution in [3.8, 4) is 0 Å². The molecular formula is C34H34Cl2FN3O4S. The molecule has 236 valence electrons. The summed E-state index contributed by atoms with van der Waals surface area (Å²) < 4.78 is 43.0. The lowest BCUT2D eigenvalue weighted by molar-refractivity contribution is -0.140. The minimum absolute atomic E-state index is 0.0104. The van der Waals surface area contributed by atoms with Crippen molar-refractivity contribution in [2.45, 2.75) is 50.2 Å². The highest BCUT2D eigenvalue weighted by Gasteiger charge is 2.35. The summed E-state index contributed by atoms with van der Waals surface area (Å²) in [4.78, 5) is 29.6. The minimum atomic E-state index is -4.34. The summed E-state index contributed by atoms with van der Waals surface area (Å²) in [5, 5.41) is 3.17. The molecule has 45 heavy (non-hydrogen) atoms. The molecule has 1 N–H and O–H groups in total. The monoisotopic (exact) mass is 669 g/mol. The van der Waals surface area contributed by atoms with Crippen LogP contribution in [-0.4, -0.2) is 43.3 Å². The number of sulfonamides is 1. The second-order valence-electron chi connectivity index (χ2n) is 11.5. The Kier molecular flexibility index (Phi) is 10.9. The summed E-state index contributed by atoms with van der Waals surface area (Å²) in [6.07, 6.45) is 0.163. The van der Waals surface area contributed by atoms with Crippen molar-refractivity contribution >= 4 is 50.7 Å². The number of nitrogens with one attached hydrogen (secondary N) is 1. The molecule has 11 heteroatoms. The van der Waals surface area contributed by atoms with Crippen LogP contribution < -0.4 is 9.62 Å². The van der Waals surface area contributed by atoms with Crippen LogP contribution in [0, 0.1) is 5.82 Å². The van der Waals surface area contributed by atoms with Crippen molar-refractivity contribution in [3.63, 3.8) is 0 Å². The van der Waals surface area contributed by atoms with Crippen LogP contribution >= 0.6 is 23.2 Å². The highest BCUT2D eigenvalue weighted by molar-refractivity contribution is 7.92. The molecule has 0 saturated carbocycles. The number of amides is 2. The van der Waals surface area contributed by atoms with Gasteiger partial charge in [0.05, 0.1) is 15.6 Å². The van der Waals surface area contributed by atoms with Crippen LogP contribution in [0.5, 0.6) is 0 Å². The predicted molar refractivity (Wildman–Crippen MR) is 176 cm³/mol. The van der Waals surface area contributed by atoms with Crippen molar-refractivity contribution < 1.29 is 22.4 Å². The lowest BCUT2D eigenvalue weighted by Crippen LogP contribution is -2.56. The highest BCUT2D eigenvalue weighted by Crippen LogP contribution is 2.28. The van der Waals surface area contributed by atoms with Gasteiger partial charge in [0.1, 0.15) is 18.4 Å². The molecule has 2 amide bonds. The lowest BCUT2D eigenvalue weighted by atomic mass is 10.0. The summed E-state index contributed by atoms with van der Waals surface area (Å²) >= 11 is 12.2. The quantitative estimate of drug-likeness (QED) is 0.189. The van der Waals surface area contributed by atoms with Gasteiger partial charge in [-0.15, -0.1) is 0 Å². The van der Waals surface area contributed by atoms with Gasteiger partial charge >= 0.3 is 0 Å². The van der Waals surface area contributed by atoms with Crippen LogP contribution in [0.15, 0.2) is 108 Å². The third kappa shape index (κ3) is 9.06. The van der Waals surface area contributed by atoms with Gasteiger partial charge in [0.2, 0.25) is 11.8 Å².